The summed E-state index contributed by atoms with van der Waals surface area (Å²) in [5, 5.41) is 1.89. The average Bonchev–Trinajstić information content (AvgIpc) is 3.17. The van der Waals surface area contributed by atoms with Crippen LogP contribution in [-0.4, -0.2) is 5.78 Å². The summed E-state index contributed by atoms with van der Waals surface area (Å²) in [6.07, 6.45) is 3.24. The third kappa shape index (κ3) is 3.40. The molecule has 3 rings (SSSR count). The lowest BCUT2D eigenvalue weighted by Gasteiger charge is -1.96. The number of carbonyl (C=O) groups is 1. The molecule has 0 aliphatic carbocycles. The molecule has 2 nitrogen and oxygen atoms in total. The molecule has 0 N–H and O–H groups in total. The zero-order valence-corrected chi connectivity index (χ0v) is 13.4. The van der Waals surface area contributed by atoms with Crippen molar-refractivity contribution < 1.29 is 9.21 Å². The van der Waals surface area contributed by atoms with Gasteiger partial charge in [0.2, 0.25) is 0 Å². The van der Waals surface area contributed by atoms with Crippen molar-refractivity contribution >= 4 is 39.1 Å². The van der Waals surface area contributed by atoms with Crippen LogP contribution in [0.15, 0.2) is 68.9 Å². The minimum absolute atomic E-state index is 0.00779. The molecular weight excluding hydrogens is 348 g/mol. The van der Waals surface area contributed by atoms with Gasteiger partial charge >= 0.3 is 0 Å². The number of carbonyl (C=O) groups excluding carboxylic acids is 1. The van der Waals surface area contributed by atoms with E-state index in [4.69, 9.17) is 4.42 Å². The quantitative estimate of drug-likeness (QED) is 0.444. The lowest BCUT2D eigenvalue weighted by atomic mass is 10.2. The number of rotatable bonds is 4. The van der Waals surface area contributed by atoms with Crippen molar-refractivity contribution in [1.29, 1.82) is 0 Å². The van der Waals surface area contributed by atoms with Gasteiger partial charge in [-0.3, -0.25) is 4.79 Å². The lowest BCUT2D eigenvalue weighted by Crippen LogP contribution is -1.87. The van der Waals surface area contributed by atoms with Crippen molar-refractivity contribution in [2.75, 3.05) is 0 Å². The van der Waals surface area contributed by atoms with Gasteiger partial charge in [-0.25, -0.2) is 0 Å². The summed E-state index contributed by atoms with van der Waals surface area (Å²) in [4.78, 5) is 12.6. The van der Waals surface area contributed by atoms with E-state index in [0.29, 0.717) is 5.76 Å². The molecule has 0 aliphatic heterocycles. The fraction of sp³-hybridized carbons (Fsp3) is 0. The van der Waals surface area contributed by atoms with Crippen LogP contribution in [0.4, 0.5) is 0 Å². The molecule has 21 heavy (non-hydrogen) atoms. The predicted octanol–water partition coefficient (Wildman–Crippen LogP) is 5.67. The molecule has 0 atom stereocenters. The van der Waals surface area contributed by atoms with Crippen molar-refractivity contribution in [3.05, 3.63) is 75.1 Å². The lowest BCUT2D eigenvalue weighted by molar-refractivity contribution is 0.105. The van der Waals surface area contributed by atoms with Crippen LogP contribution in [0.1, 0.15) is 15.4 Å². The van der Waals surface area contributed by atoms with E-state index in [1.54, 1.807) is 6.08 Å². The van der Waals surface area contributed by atoms with Gasteiger partial charge in [-0.15, -0.1) is 11.3 Å². The van der Waals surface area contributed by atoms with Gasteiger partial charge in [0.25, 0.3) is 0 Å². The van der Waals surface area contributed by atoms with Crippen LogP contribution in [0.2, 0.25) is 0 Å². The SMILES string of the molecule is O=C(/C=C/c1ccc(-c2ccc(Br)cc2)o1)c1cccs1. The van der Waals surface area contributed by atoms with Gasteiger partial charge in [0.15, 0.2) is 5.78 Å². The third-order valence-electron chi connectivity index (χ3n) is 2.92. The Morgan fingerprint density at radius 1 is 1.10 bits per heavy atom. The van der Waals surface area contributed by atoms with Crippen LogP contribution in [0.25, 0.3) is 17.4 Å². The summed E-state index contributed by atoms with van der Waals surface area (Å²) >= 11 is 4.84. The highest BCUT2D eigenvalue weighted by molar-refractivity contribution is 9.10. The normalized spacial score (nSPS) is 11.1. The topological polar surface area (TPSA) is 30.2 Å². The number of hydrogen-bond acceptors (Lipinski definition) is 3. The number of halogens is 1. The van der Waals surface area contributed by atoms with Crippen molar-refractivity contribution in [3.63, 3.8) is 0 Å². The van der Waals surface area contributed by atoms with Crippen molar-refractivity contribution in [2.24, 2.45) is 0 Å². The highest BCUT2D eigenvalue weighted by Crippen LogP contribution is 2.24. The molecule has 0 unspecified atom stereocenters. The molecule has 0 spiro atoms. The van der Waals surface area contributed by atoms with Crippen molar-refractivity contribution in [2.45, 2.75) is 0 Å². The Kier molecular flexibility index (Phi) is 4.18. The maximum atomic E-state index is 11.9. The first-order valence-electron chi connectivity index (χ1n) is 6.34. The van der Waals surface area contributed by atoms with Crippen molar-refractivity contribution in [1.82, 2.24) is 0 Å². The minimum atomic E-state index is -0.00779. The zero-order chi connectivity index (χ0) is 14.7. The number of benzene rings is 1. The van der Waals surface area contributed by atoms with E-state index in [-0.39, 0.29) is 5.78 Å². The third-order valence-corrected chi connectivity index (χ3v) is 4.33. The molecule has 0 radical (unpaired) electrons. The molecule has 0 saturated heterocycles. The monoisotopic (exact) mass is 358 g/mol. The van der Waals surface area contributed by atoms with Crippen LogP contribution in [-0.2, 0) is 0 Å². The summed E-state index contributed by atoms with van der Waals surface area (Å²) in [6, 6.07) is 15.3. The van der Waals surface area contributed by atoms with E-state index in [1.807, 2.05) is 53.9 Å². The Bertz CT molecular complexity index is 767. The van der Waals surface area contributed by atoms with Gasteiger partial charge in [-0.05, 0) is 47.9 Å². The molecular formula is C17H11BrO2S. The summed E-state index contributed by atoms with van der Waals surface area (Å²) < 4.78 is 6.75. The number of allylic oxidation sites excluding steroid dienone is 1. The van der Waals surface area contributed by atoms with Gasteiger partial charge in [-0.1, -0.05) is 34.1 Å². The van der Waals surface area contributed by atoms with Gasteiger partial charge in [-0.2, -0.15) is 0 Å². The Morgan fingerprint density at radius 3 is 2.62 bits per heavy atom. The number of thiophene rings is 1. The van der Waals surface area contributed by atoms with E-state index in [0.717, 1.165) is 20.7 Å². The second-order valence-electron chi connectivity index (χ2n) is 4.38. The first-order chi connectivity index (χ1) is 10.2. The molecule has 4 heteroatoms. The molecule has 3 aromatic rings. The van der Waals surface area contributed by atoms with Gasteiger partial charge in [0, 0.05) is 10.0 Å². The maximum Gasteiger partial charge on any atom is 0.195 e. The zero-order valence-electron chi connectivity index (χ0n) is 11.0. The first-order valence-corrected chi connectivity index (χ1v) is 8.01. The highest BCUT2D eigenvalue weighted by atomic mass is 79.9. The molecule has 2 heterocycles. The van der Waals surface area contributed by atoms with E-state index in [2.05, 4.69) is 15.9 Å². The summed E-state index contributed by atoms with van der Waals surface area (Å²) in [5.74, 6) is 1.44. The molecule has 0 fully saturated rings. The number of hydrogen-bond donors (Lipinski definition) is 0. The molecule has 0 aliphatic rings. The van der Waals surface area contributed by atoms with Gasteiger partial charge < -0.3 is 4.42 Å². The standard InChI is InChI=1S/C17H11BrO2S/c18-13-5-3-12(4-6-13)16-10-8-14(20-16)7-9-15(19)17-2-1-11-21-17/h1-11H/b9-7+. The van der Waals surface area contributed by atoms with Crippen LogP contribution in [0.5, 0.6) is 0 Å². The van der Waals surface area contributed by atoms with E-state index >= 15 is 0 Å². The first kappa shape index (κ1) is 14.0. The van der Waals surface area contributed by atoms with Crippen LogP contribution in [0.3, 0.4) is 0 Å². The van der Waals surface area contributed by atoms with Crippen LogP contribution in [0, 0.1) is 0 Å². The second-order valence-corrected chi connectivity index (χ2v) is 6.25. The Morgan fingerprint density at radius 2 is 1.90 bits per heavy atom. The number of furan rings is 1. The smallest absolute Gasteiger partial charge is 0.195 e. The molecule has 0 saturated carbocycles. The Balaban J connectivity index is 1.76. The van der Waals surface area contributed by atoms with Crippen molar-refractivity contribution in [3.8, 4) is 11.3 Å². The summed E-state index contributed by atoms with van der Waals surface area (Å²) in [7, 11) is 0. The molecule has 104 valence electrons. The highest BCUT2D eigenvalue weighted by Gasteiger charge is 2.05. The second kappa shape index (κ2) is 6.24. The van der Waals surface area contributed by atoms with Crippen LogP contribution >= 0.6 is 27.3 Å². The summed E-state index contributed by atoms with van der Waals surface area (Å²) in [6.45, 7) is 0. The van der Waals surface area contributed by atoms with Gasteiger partial charge in [0.05, 0.1) is 4.88 Å². The Hall–Kier alpha value is -1.91. The van der Waals surface area contributed by atoms with E-state index < -0.39 is 0 Å². The fourth-order valence-electron chi connectivity index (χ4n) is 1.87. The predicted molar refractivity (Wildman–Crippen MR) is 89.5 cm³/mol. The molecule has 0 bridgehead atoms. The van der Waals surface area contributed by atoms with Crippen LogP contribution < -0.4 is 0 Å². The number of ketones is 1. The molecule has 2 aromatic heterocycles. The summed E-state index contributed by atoms with van der Waals surface area (Å²) in [5.41, 5.74) is 1.00. The van der Waals surface area contributed by atoms with E-state index in [1.165, 1.54) is 17.4 Å². The average molecular weight is 359 g/mol. The maximum absolute atomic E-state index is 11.9. The Labute approximate surface area is 134 Å². The largest absolute Gasteiger partial charge is 0.457 e. The minimum Gasteiger partial charge on any atom is -0.457 e. The molecule has 0 amide bonds. The molecule has 1 aromatic carbocycles. The fourth-order valence-corrected chi connectivity index (χ4v) is 2.78. The van der Waals surface area contributed by atoms with E-state index in [9.17, 15) is 4.79 Å². The van der Waals surface area contributed by atoms with Gasteiger partial charge in [0.1, 0.15) is 11.5 Å².